The second-order valence-electron chi connectivity index (χ2n) is 11.4. The first-order chi connectivity index (χ1) is 13.8. The molecular weight excluding hydrogens is 404 g/mol. The molecule has 2 heterocycles. The minimum atomic E-state index is -0.346. The molecule has 0 aromatic heterocycles. The summed E-state index contributed by atoms with van der Waals surface area (Å²) in [6.07, 6.45) is 2.43. The van der Waals surface area contributed by atoms with Crippen molar-refractivity contribution in [3.8, 4) is 0 Å². The van der Waals surface area contributed by atoms with Crippen LogP contribution in [0, 0.1) is 52.8 Å². The average Bonchev–Trinajstić information content (AvgIpc) is 3.53. The normalized spacial score (nSPS) is 52.8. The first-order valence-corrected chi connectivity index (χ1v) is 13.3. The van der Waals surface area contributed by atoms with E-state index in [2.05, 4.69) is 37.4 Å². The van der Waals surface area contributed by atoms with E-state index in [-0.39, 0.29) is 29.2 Å². The molecule has 6 rings (SSSR count). The SMILES string of the molecule is CC1C2CC(C3SC23)C1C(=O)OCC(C)(C)COC(=O)C1C(C)C2CC1C1S[C@H]21. The Bertz CT molecular complexity index is 693. The Kier molecular flexibility index (Phi) is 4.22. The van der Waals surface area contributed by atoms with E-state index in [9.17, 15) is 9.59 Å². The summed E-state index contributed by atoms with van der Waals surface area (Å²) in [5, 5.41) is 3.09. The highest BCUT2D eigenvalue weighted by Crippen LogP contribution is 2.70. The lowest BCUT2D eigenvalue weighted by Gasteiger charge is -2.30. The van der Waals surface area contributed by atoms with Crippen LogP contribution in [-0.4, -0.2) is 46.2 Å². The van der Waals surface area contributed by atoms with Crippen molar-refractivity contribution in [2.45, 2.75) is 61.5 Å². The predicted octanol–water partition coefficient (Wildman–Crippen LogP) is 3.87. The second-order valence-corrected chi connectivity index (χ2v) is 14.1. The van der Waals surface area contributed by atoms with Crippen molar-refractivity contribution in [3.05, 3.63) is 0 Å². The standard InChI is InChI=1S/C23H32O4S2/c1-9-11-5-13(19-17(11)28-19)15(9)21(24)26-7-23(3,4)8-27-22(25)16-10(2)12-6-14(16)20-18(12)29-20/h9-20H,5-8H2,1-4H3/t9?,10?,11?,12?,13?,14?,15?,16?,17-,18?,19?,20?/m1/s1. The maximum absolute atomic E-state index is 12.8. The molecule has 0 N–H and O–H groups in total. The van der Waals surface area contributed by atoms with Crippen LogP contribution in [0.3, 0.4) is 0 Å². The molecule has 160 valence electrons. The summed E-state index contributed by atoms with van der Waals surface area (Å²) in [5.41, 5.74) is -0.346. The van der Waals surface area contributed by atoms with Gasteiger partial charge in [0.05, 0.1) is 25.0 Å². The van der Waals surface area contributed by atoms with E-state index in [1.165, 1.54) is 12.8 Å². The lowest BCUT2D eigenvalue weighted by atomic mass is 9.80. The number of fused-ring (bicyclic) bond motifs is 10. The fourth-order valence-corrected chi connectivity index (χ4v) is 10.8. The fourth-order valence-electron chi connectivity index (χ4n) is 7.40. The molecule has 0 radical (unpaired) electrons. The van der Waals surface area contributed by atoms with Crippen molar-refractivity contribution in [2.24, 2.45) is 52.8 Å². The number of carbonyl (C=O) groups excluding carboxylic acids is 2. The van der Waals surface area contributed by atoms with Gasteiger partial charge in [-0.05, 0) is 48.3 Å². The van der Waals surface area contributed by atoms with Gasteiger partial charge in [0, 0.05) is 26.4 Å². The molecule has 0 aromatic carbocycles. The van der Waals surface area contributed by atoms with Crippen molar-refractivity contribution in [2.75, 3.05) is 13.2 Å². The van der Waals surface area contributed by atoms with Crippen LogP contribution in [0.1, 0.15) is 40.5 Å². The monoisotopic (exact) mass is 436 g/mol. The van der Waals surface area contributed by atoms with E-state index in [0.29, 0.717) is 36.9 Å². The van der Waals surface area contributed by atoms with Crippen molar-refractivity contribution in [1.29, 1.82) is 0 Å². The van der Waals surface area contributed by atoms with Gasteiger partial charge in [-0.2, -0.15) is 23.5 Å². The number of ether oxygens (including phenoxy) is 2. The maximum atomic E-state index is 12.8. The highest BCUT2D eigenvalue weighted by atomic mass is 32.2. The van der Waals surface area contributed by atoms with Crippen LogP contribution < -0.4 is 0 Å². The third kappa shape index (κ3) is 2.86. The van der Waals surface area contributed by atoms with Gasteiger partial charge in [0.15, 0.2) is 0 Å². The molecule has 0 amide bonds. The Morgan fingerprint density at radius 3 is 1.52 bits per heavy atom. The molecular formula is C23H32O4S2. The van der Waals surface area contributed by atoms with Gasteiger partial charge in [-0.25, -0.2) is 0 Å². The molecule has 0 spiro atoms. The highest BCUT2D eigenvalue weighted by molar-refractivity contribution is 8.08. The van der Waals surface area contributed by atoms with Crippen LogP contribution in [0.2, 0.25) is 0 Å². The number of hydrogen-bond acceptors (Lipinski definition) is 6. The van der Waals surface area contributed by atoms with Gasteiger partial charge >= 0.3 is 11.9 Å². The van der Waals surface area contributed by atoms with Gasteiger partial charge in [-0.1, -0.05) is 27.7 Å². The molecule has 29 heavy (non-hydrogen) atoms. The average molecular weight is 437 g/mol. The van der Waals surface area contributed by atoms with Crippen LogP contribution in [0.4, 0.5) is 0 Å². The Labute approximate surface area is 182 Å². The van der Waals surface area contributed by atoms with Crippen LogP contribution in [-0.2, 0) is 19.1 Å². The van der Waals surface area contributed by atoms with E-state index in [1.807, 2.05) is 13.8 Å². The van der Waals surface area contributed by atoms with E-state index >= 15 is 0 Å². The van der Waals surface area contributed by atoms with Gasteiger partial charge in [0.1, 0.15) is 0 Å². The third-order valence-electron chi connectivity index (χ3n) is 9.06. The van der Waals surface area contributed by atoms with Crippen LogP contribution in [0.5, 0.6) is 0 Å². The van der Waals surface area contributed by atoms with Crippen molar-refractivity contribution in [1.82, 2.24) is 0 Å². The summed E-state index contributed by atoms with van der Waals surface area (Å²) in [5.74, 6) is 3.51. The third-order valence-corrected chi connectivity index (χ3v) is 12.3. The molecule has 12 atom stereocenters. The highest BCUT2D eigenvalue weighted by Gasteiger charge is 2.68. The zero-order valence-corrected chi connectivity index (χ0v) is 19.3. The summed E-state index contributed by atoms with van der Waals surface area (Å²) in [6, 6.07) is 0. The van der Waals surface area contributed by atoms with E-state index in [1.54, 1.807) is 0 Å². The second kappa shape index (κ2) is 6.34. The molecule has 6 fully saturated rings. The minimum absolute atomic E-state index is 0.0196. The number of thioether (sulfide) groups is 2. The predicted molar refractivity (Wildman–Crippen MR) is 115 cm³/mol. The minimum Gasteiger partial charge on any atom is -0.465 e. The zero-order valence-electron chi connectivity index (χ0n) is 17.7. The molecule has 6 heteroatoms. The van der Waals surface area contributed by atoms with Gasteiger partial charge < -0.3 is 9.47 Å². The lowest BCUT2D eigenvalue weighted by Crippen LogP contribution is -2.37. The Hall–Kier alpha value is -0.360. The quantitative estimate of drug-likeness (QED) is 0.465. The summed E-state index contributed by atoms with van der Waals surface area (Å²) in [7, 11) is 0. The van der Waals surface area contributed by atoms with Crippen molar-refractivity contribution < 1.29 is 19.1 Å². The van der Waals surface area contributed by atoms with Crippen molar-refractivity contribution >= 4 is 35.5 Å². The van der Waals surface area contributed by atoms with Gasteiger partial charge in [0.2, 0.25) is 0 Å². The molecule has 6 aliphatic rings. The largest absolute Gasteiger partial charge is 0.465 e. The zero-order chi connectivity index (χ0) is 20.2. The Balaban J connectivity index is 1.01. The van der Waals surface area contributed by atoms with Gasteiger partial charge in [-0.3, -0.25) is 9.59 Å². The number of esters is 2. The topological polar surface area (TPSA) is 52.6 Å². The molecule has 4 aliphatic carbocycles. The number of hydrogen-bond donors (Lipinski definition) is 0. The number of rotatable bonds is 6. The summed E-state index contributed by atoms with van der Waals surface area (Å²) in [4.78, 5) is 25.7. The summed E-state index contributed by atoms with van der Waals surface area (Å²) < 4.78 is 11.6. The molecule has 2 aliphatic heterocycles. The molecule has 4 saturated carbocycles. The van der Waals surface area contributed by atoms with Gasteiger partial charge in [0.25, 0.3) is 0 Å². The maximum Gasteiger partial charge on any atom is 0.309 e. The summed E-state index contributed by atoms with van der Waals surface area (Å²) >= 11 is 4.14. The summed E-state index contributed by atoms with van der Waals surface area (Å²) in [6.45, 7) is 9.18. The first-order valence-electron chi connectivity index (χ1n) is 11.4. The van der Waals surface area contributed by atoms with Crippen LogP contribution in [0.15, 0.2) is 0 Å². The molecule has 0 aromatic rings. The van der Waals surface area contributed by atoms with Crippen LogP contribution in [0.25, 0.3) is 0 Å². The molecule has 4 nitrogen and oxygen atoms in total. The van der Waals surface area contributed by atoms with E-state index in [0.717, 1.165) is 32.8 Å². The Morgan fingerprint density at radius 2 is 1.14 bits per heavy atom. The van der Waals surface area contributed by atoms with E-state index in [4.69, 9.17) is 9.47 Å². The molecule has 4 bridgehead atoms. The Morgan fingerprint density at radius 1 is 0.759 bits per heavy atom. The van der Waals surface area contributed by atoms with Gasteiger partial charge in [-0.15, -0.1) is 0 Å². The first kappa shape index (κ1) is 19.3. The fraction of sp³-hybridized carbons (Fsp3) is 0.913. The van der Waals surface area contributed by atoms with Crippen LogP contribution >= 0.6 is 23.5 Å². The number of carbonyl (C=O) groups is 2. The molecule has 2 saturated heterocycles. The van der Waals surface area contributed by atoms with Crippen molar-refractivity contribution in [3.63, 3.8) is 0 Å². The molecule has 11 unspecified atom stereocenters. The van der Waals surface area contributed by atoms with E-state index < -0.39 is 0 Å². The smallest absolute Gasteiger partial charge is 0.309 e. The lowest BCUT2D eigenvalue weighted by molar-refractivity contribution is -0.161.